The van der Waals surface area contributed by atoms with Gasteiger partial charge in [-0.1, -0.05) is 0 Å². The molecule has 1 atom stereocenters. The van der Waals surface area contributed by atoms with Crippen LogP contribution < -0.4 is 5.32 Å². The lowest BCUT2D eigenvalue weighted by atomic mass is 10.2. The van der Waals surface area contributed by atoms with Gasteiger partial charge in [0.15, 0.2) is 0 Å². The van der Waals surface area contributed by atoms with Gasteiger partial charge in [-0.05, 0) is 13.8 Å². The molecule has 0 saturated carbocycles. The maximum absolute atomic E-state index is 11.6. The highest BCUT2D eigenvalue weighted by molar-refractivity contribution is 5.90. The second kappa shape index (κ2) is 7.09. The van der Waals surface area contributed by atoms with Crippen molar-refractivity contribution >= 4 is 17.9 Å². The van der Waals surface area contributed by atoms with Crippen molar-refractivity contribution in [3.05, 3.63) is 17.5 Å². The van der Waals surface area contributed by atoms with Crippen molar-refractivity contribution in [1.29, 1.82) is 0 Å². The molecule has 0 aliphatic heterocycles. The summed E-state index contributed by atoms with van der Waals surface area (Å²) in [5.74, 6) is 0.736. The van der Waals surface area contributed by atoms with E-state index < -0.39 is 18.0 Å². The molecule has 2 N–H and O–H groups in total. The lowest BCUT2D eigenvalue weighted by molar-refractivity contribution is -0.137. The number of aliphatic carboxylic acids is 1. The third-order valence-electron chi connectivity index (χ3n) is 2.40. The number of carbonyl (C=O) groups excluding carboxylic acids is 1. The van der Waals surface area contributed by atoms with E-state index >= 15 is 0 Å². The first-order valence-corrected chi connectivity index (χ1v) is 5.93. The van der Waals surface area contributed by atoms with E-state index in [1.165, 1.54) is 6.20 Å². The molecule has 1 aromatic rings. The average molecular weight is 277 g/mol. The zero-order valence-corrected chi connectivity index (χ0v) is 11.2. The number of rotatable bonds is 6. The summed E-state index contributed by atoms with van der Waals surface area (Å²) in [7, 11) is 0. The van der Waals surface area contributed by atoms with Gasteiger partial charge in [-0.3, -0.25) is 0 Å². The molecule has 0 bridgehead atoms. The van der Waals surface area contributed by atoms with Crippen LogP contribution in [0.15, 0.2) is 6.20 Å². The Balaban J connectivity index is 2.89. The maximum Gasteiger partial charge on any atom is 0.341 e. The summed E-state index contributed by atoms with van der Waals surface area (Å²) in [5, 5.41) is 11.6. The van der Waals surface area contributed by atoms with Crippen LogP contribution in [0.1, 0.15) is 29.4 Å². The number of nitrogens with one attached hydrogen (secondary N) is 1. The van der Waals surface area contributed by atoms with E-state index in [2.05, 4.69) is 21.2 Å². The second-order valence-corrected chi connectivity index (χ2v) is 3.86. The van der Waals surface area contributed by atoms with Crippen LogP contribution in [0.2, 0.25) is 0 Å². The summed E-state index contributed by atoms with van der Waals surface area (Å²) in [4.78, 5) is 30.4. The highest BCUT2D eigenvalue weighted by atomic mass is 16.5. The zero-order valence-electron chi connectivity index (χ0n) is 11.2. The lowest BCUT2D eigenvalue weighted by Gasteiger charge is -2.12. The van der Waals surface area contributed by atoms with Crippen LogP contribution in [0.5, 0.6) is 0 Å². The second-order valence-electron chi connectivity index (χ2n) is 3.86. The molecule has 0 aliphatic rings. The minimum atomic E-state index is -1.10. The van der Waals surface area contributed by atoms with E-state index in [9.17, 15) is 9.59 Å². The number of carboxylic acid groups (broad SMARTS) is 1. The van der Waals surface area contributed by atoms with Gasteiger partial charge < -0.3 is 15.2 Å². The molecule has 1 heterocycles. The van der Waals surface area contributed by atoms with Crippen molar-refractivity contribution in [3.8, 4) is 12.3 Å². The molecule has 0 saturated heterocycles. The number of aryl methyl sites for hydroxylation is 1. The van der Waals surface area contributed by atoms with Crippen LogP contribution in [-0.4, -0.2) is 39.7 Å². The molecule has 20 heavy (non-hydrogen) atoms. The van der Waals surface area contributed by atoms with Gasteiger partial charge in [-0.2, -0.15) is 0 Å². The summed E-state index contributed by atoms with van der Waals surface area (Å²) in [6, 6.07) is -0.979. The lowest BCUT2D eigenvalue weighted by Crippen LogP contribution is -2.29. The number of anilines is 1. The molecule has 0 amide bonds. The van der Waals surface area contributed by atoms with Crippen LogP contribution in [0, 0.1) is 19.3 Å². The van der Waals surface area contributed by atoms with Gasteiger partial charge in [-0.15, -0.1) is 12.3 Å². The zero-order chi connectivity index (χ0) is 15.1. The fourth-order valence-corrected chi connectivity index (χ4v) is 1.42. The Labute approximate surface area is 116 Å². The standard InChI is InChI=1S/C13H15N3O4/c1-4-6-10(11(17)18)16-13-14-7-9(8(3)15-13)12(19)20-5-2/h1,7,10H,5-6H2,2-3H3,(H,17,18)(H,14,15,16). The fraction of sp³-hybridized carbons (Fsp3) is 0.385. The van der Waals surface area contributed by atoms with Crippen molar-refractivity contribution in [2.75, 3.05) is 11.9 Å². The average Bonchev–Trinajstić information content (AvgIpc) is 2.38. The number of esters is 1. The predicted molar refractivity (Wildman–Crippen MR) is 71.2 cm³/mol. The molecule has 0 aromatic carbocycles. The van der Waals surface area contributed by atoms with E-state index in [-0.39, 0.29) is 24.5 Å². The molecule has 0 aliphatic carbocycles. The summed E-state index contributed by atoms with van der Waals surface area (Å²) < 4.78 is 4.85. The molecule has 7 nitrogen and oxygen atoms in total. The number of aromatic nitrogens is 2. The van der Waals surface area contributed by atoms with E-state index in [4.69, 9.17) is 16.3 Å². The Morgan fingerprint density at radius 2 is 2.30 bits per heavy atom. The number of terminal acetylenes is 1. The number of ether oxygens (including phenoxy) is 1. The minimum Gasteiger partial charge on any atom is -0.480 e. The quantitative estimate of drug-likeness (QED) is 0.587. The molecule has 0 radical (unpaired) electrons. The number of nitrogens with zero attached hydrogens (tertiary/aromatic N) is 2. The van der Waals surface area contributed by atoms with Gasteiger partial charge in [-0.25, -0.2) is 19.6 Å². The Bertz CT molecular complexity index is 551. The Morgan fingerprint density at radius 1 is 1.60 bits per heavy atom. The van der Waals surface area contributed by atoms with Crippen molar-refractivity contribution in [2.45, 2.75) is 26.3 Å². The third-order valence-corrected chi connectivity index (χ3v) is 2.40. The predicted octanol–water partition coefficient (Wildman–Crippen LogP) is 0.850. The molecule has 1 aromatic heterocycles. The molecule has 0 fully saturated rings. The molecular weight excluding hydrogens is 262 g/mol. The van der Waals surface area contributed by atoms with Crippen molar-refractivity contribution in [2.24, 2.45) is 0 Å². The Kier molecular flexibility index (Phi) is 5.47. The molecule has 7 heteroatoms. The summed E-state index contributed by atoms with van der Waals surface area (Å²) in [6.45, 7) is 3.55. The van der Waals surface area contributed by atoms with Gasteiger partial charge in [0, 0.05) is 12.6 Å². The van der Waals surface area contributed by atoms with Crippen LogP contribution >= 0.6 is 0 Å². The fourth-order valence-electron chi connectivity index (χ4n) is 1.42. The smallest absolute Gasteiger partial charge is 0.341 e. The number of hydrogen-bond acceptors (Lipinski definition) is 6. The largest absolute Gasteiger partial charge is 0.480 e. The van der Waals surface area contributed by atoms with Crippen molar-refractivity contribution < 1.29 is 19.4 Å². The summed E-state index contributed by atoms with van der Waals surface area (Å²) in [5.41, 5.74) is 0.632. The normalized spacial score (nSPS) is 11.2. The van der Waals surface area contributed by atoms with E-state index in [0.717, 1.165) is 0 Å². The number of carbonyl (C=O) groups is 2. The van der Waals surface area contributed by atoms with E-state index in [1.807, 2.05) is 0 Å². The first-order valence-electron chi connectivity index (χ1n) is 5.93. The van der Waals surface area contributed by atoms with Crippen LogP contribution in [0.4, 0.5) is 5.95 Å². The summed E-state index contributed by atoms with van der Waals surface area (Å²) >= 11 is 0. The van der Waals surface area contributed by atoms with Crippen LogP contribution in [0.3, 0.4) is 0 Å². The van der Waals surface area contributed by atoms with Gasteiger partial charge in [0.05, 0.1) is 17.9 Å². The molecule has 1 rings (SSSR count). The molecule has 106 valence electrons. The topological polar surface area (TPSA) is 101 Å². The van der Waals surface area contributed by atoms with Gasteiger partial charge >= 0.3 is 11.9 Å². The van der Waals surface area contributed by atoms with E-state index in [1.54, 1.807) is 13.8 Å². The third kappa shape index (κ3) is 3.95. The minimum absolute atomic E-state index is 0.00261. The van der Waals surface area contributed by atoms with Gasteiger partial charge in [0.1, 0.15) is 6.04 Å². The summed E-state index contributed by atoms with van der Waals surface area (Å²) in [6.07, 6.45) is 6.38. The SMILES string of the molecule is C#CCC(Nc1ncc(C(=O)OCC)c(C)n1)C(=O)O. The van der Waals surface area contributed by atoms with E-state index in [0.29, 0.717) is 5.69 Å². The molecular formula is C13H15N3O4. The molecule has 0 spiro atoms. The highest BCUT2D eigenvalue weighted by Gasteiger charge is 2.18. The number of hydrogen-bond donors (Lipinski definition) is 2. The van der Waals surface area contributed by atoms with Gasteiger partial charge in [0.2, 0.25) is 5.95 Å². The van der Waals surface area contributed by atoms with Gasteiger partial charge in [0.25, 0.3) is 0 Å². The maximum atomic E-state index is 11.6. The monoisotopic (exact) mass is 277 g/mol. The highest BCUT2D eigenvalue weighted by Crippen LogP contribution is 2.10. The van der Waals surface area contributed by atoms with Crippen LogP contribution in [-0.2, 0) is 9.53 Å². The van der Waals surface area contributed by atoms with Crippen LogP contribution in [0.25, 0.3) is 0 Å². The first kappa shape index (κ1) is 15.4. The molecule has 1 unspecified atom stereocenters. The van der Waals surface area contributed by atoms with Crippen molar-refractivity contribution in [3.63, 3.8) is 0 Å². The Hall–Kier alpha value is -2.62. The Morgan fingerprint density at radius 3 is 2.80 bits per heavy atom. The first-order chi connectivity index (χ1) is 9.49. The number of carboxylic acids is 1. The van der Waals surface area contributed by atoms with Crippen molar-refractivity contribution in [1.82, 2.24) is 9.97 Å².